The second-order valence-electron chi connectivity index (χ2n) is 4.93. The normalized spacial score (nSPS) is 11.4. The molecule has 1 aromatic rings. The number of amides is 1. The molecule has 0 aliphatic carbocycles. The van der Waals surface area contributed by atoms with Crippen LogP contribution in [0.2, 0.25) is 0 Å². The lowest BCUT2D eigenvalue weighted by molar-refractivity contribution is -0.115. The topological polar surface area (TPSA) is 29.1 Å². The third-order valence-electron chi connectivity index (χ3n) is 2.43. The average molecular weight is 319 g/mol. The molecule has 0 unspecified atom stereocenters. The number of alkyl halides is 1. The van der Waals surface area contributed by atoms with Crippen LogP contribution < -0.4 is 5.32 Å². The van der Waals surface area contributed by atoms with Crippen LogP contribution in [0.3, 0.4) is 0 Å². The van der Waals surface area contributed by atoms with Gasteiger partial charge in [0.25, 0.3) is 0 Å². The predicted octanol–water partition coefficient (Wildman–Crippen LogP) is 4.31. The average Bonchev–Trinajstić information content (AvgIpc) is 2.20. The summed E-state index contributed by atoms with van der Waals surface area (Å²) in [5.74, 6) is 0.271. The van der Waals surface area contributed by atoms with Gasteiger partial charge >= 0.3 is 0 Å². The van der Waals surface area contributed by atoms with Crippen molar-refractivity contribution < 1.29 is 4.79 Å². The molecule has 0 radical (unpaired) electrons. The van der Waals surface area contributed by atoms with Gasteiger partial charge in [-0.25, -0.2) is 0 Å². The molecule has 2 nitrogen and oxygen atoms in total. The predicted molar refractivity (Wildman–Crippen MR) is 76.8 cm³/mol. The Labute approximate surface area is 116 Å². The van der Waals surface area contributed by atoms with E-state index in [9.17, 15) is 4.79 Å². The smallest absolute Gasteiger partial charge is 0.225 e. The summed E-state index contributed by atoms with van der Waals surface area (Å²) in [6, 6.07) is 5.98. The maximum atomic E-state index is 11.4. The first-order valence-electron chi connectivity index (χ1n) is 5.50. The van der Waals surface area contributed by atoms with Crippen molar-refractivity contribution in [3.8, 4) is 0 Å². The van der Waals surface area contributed by atoms with Gasteiger partial charge in [-0.3, -0.25) is 4.79 Å². The monoisotopic (exact) mass is 317 g/mol. The molecule has 1 amide bonds. The van der Waals surface area contributed by atoms with Crippen LogP contribution in [-0.2, 0) is 10.2 Å². The van der Waals surface area contributed by atoms with Crippen molar-refractivity contribution in [3.63, 3.8) is 0 Å². The van der Waals surface area contributed by atoms with Crippen molar-refractivity contribution in [1.29, 1.82) is 0 Å². The fraction of sp³-hybridized carbons (Fsp3) is 0.462. The molecule has 17 heavy (non-hydrogen) atoms. The molecule has 94 valence electrons. The summed E-state index contributed by atoms with van der Waals surface area (Å²) < 4.78 is 0.896. The van der Waals surface area contributed by atoms with Crippen LogP contribution in [0.25, 0.3) is 0 Å². The number of nitrogens with one attached hydrogen (secondary N) is 1. The van der Waals surface area contributed by atoms with E-state index in [0.29, 0.717) is 12.3 Å². The molecule has 1 N–H and O–H groups in total. The molecule has 1 aromatic carbocycles. The van der Waals surface area contributed by atoms with Crippen molar-refractivity contribution in [1.82, 2.24) is 0 Å². The van der Waals surface area contributed by atoms with Gasteiger partial charge in [-0.1, -0.05) is 26.8 Å². The van der Waals surface area contributed by atoms with Gasteiger partial charge in [-0.15, -0.1) is 11.6 Å². The Bertz CT molecular complexity index is 412. The Kier molecular flexibility index (Phi) is 5.02. The zero-order chi connectivity index (χ0) is 13.1. The van der Waals surface area contributed by atoms with Gasteiger partial charge in [0.05, 0.1) is 5.69 Å². The second kappa shape index (κ2) is 5.87. The molecule has 0 fully saturated rings. The van der Waals surface area contributed by atoms with Crippen molar-refractivity contribution in [2.45, 2.75) is 32.6 Å². The van der Waals surface area contributed by atoms with E-state index in [1.54, 1.807) is 0 Å². The van der Waals surface area contributed by atoms with Gasteiger partial charge in [0, 0.05) is 16.8 Å². The summed E-state index contributed by atoms with van der Waals surface area (Å²) >= 11 is 8.99. The van der Waals surface area contributed by atoms with Gasteiger partial charge in [-0.05, 0) is 39.0 Å². The first kappa shape index (κ1) is 14.5. The molecule has 0 aliphatic heterocycles. The highest BCUT2D eigenvalue weighted by atomic mass is 79.9. The molecular formula is C13H17BrClNO. The second-order valence-corrected chi connectivity index (χ2v) is 6.16. The Hall–Kier alpha value is -0.540. The van der Waals surface area contributed by atoms with Crippen LogP contribution >= 0.6 is 27.5 Å². The summed E-state index contributed by atoms with van der Waals surface area (Å²) in [5.41, 5.74) is 2.11. The Balaban J connectivity index is 2.87. The van der Waals surface area contributed by atoms with Gasteiger partial charge in [0.15, 0.2) is 0 Å². The van der Waals surface area contributed by atoms with Crippen molar-refractivity contribution in [2.75, 3.05) is 11.2 Å². The minimum atomic E-state index is -0.0655. The summed E-state index contributed by atoms with van der Waals surface area (Å²) in [6.45, 7) is 6.46. The fourth-order valence-corrected chi connectivity index (χ4v) is 2.03. The summed E-state index contributed by atoms with van der Waals surface area (Å²) in [5, 5.41) is 2.82. The number of hydrogen-bond acceptors (Lipinski definition) is 1. The van der Waals surface area contributed by atoms with Gasteiger partial charge < -0.3 is 5.32 Å². The lowest BCUT2D eigenvalue weighted by Crippen LogP contribution is -2.14. The zero-order valence-electron chi connectivity index (χ0n) is 10.3. The minimum Gasteiger partial charge on any atom is -0.325 e. The third-order valence-corrected chi connectivity index (χ3v) is 3.28. The molecular weight excluding hydrogens is 302 g/mol. The minimum absolute atomic E-state index is 0.0655. The van der Waals surface area contributed by atoms with Crippen molar-refractivity contribution in [3.05, 3.63) is 28.2 Å². The molecule has 1 rings (SSSR count). The Morgan fingerprint density at radius 1 is 1.41 bits per heavy atom. The molecule has 0 atom stereocenters. The number of anilines is 1. The maximum Gasteiger partial charge on any atom is 0.225 e. The molecule has 0 heterocycles. The molecule has 0 aromatic heterocycles. The Morgan fingerprint density at radius 2 is 2.06 bits per heavy atom. The fourth-order valence-electron chi connectivity index (χ4n) is 1.38. The number of hydrogen-bond donors (Lipinski definition) is 1. The Morgan fingerprint density at radius 3 is 2.53 bits per heavy atom. The zero-order valence-corrected chi connectivity index (χ0v) is 12.7. The number of carbonyl (C=O) groups is 1. The first-order chi connectivity index (χ1) is 7.84. The highest BCUT2D eigenvalue weighted by Crippen LogP contribution is 2.30. The molecule has 0 bridgehead atoms. The standard InChI is InChI=1S/C13H17BrClNO/c1-13(2,3)9-4-5-11(10(14)8-9)16-12(17)6-7-15/h4-5,8H,6-7H2,1-3H3,(H,16,17). The molecule has 0 spiro atoms. The number of carbonyl (C=O) groups excluding carboxylic acids is 1. The van der Waals surface area contributed by atoms with Crippen LogP contribution in [0.1, 0.15) is 32.8 Å². The number of benzene rings is 1. The number of rotatable bonds is 3. The quantitative estimate of drug-likeness (QED) is 0.827. The van der Waals surface area contributed by atoms with Crippen LogP contribution in [0.5, 0.6) is 0 Å². The van der Waals surface area contributed by atoms with E-state index in [4.69, 9.17) is 11.6 Å². The third kappa shape index (κ3) is 4.32. The van der Waals surface area contributed by atoms with E-state index in [2.05, 4.69) is 42.0 Å². The van der Waals surface area contributed by atoms with Crippen LogP contribution in [0, 0.1) is 0 Å². The SMILES string of the molecule is CC(C)(C)c1ccc(NC(=O)CCCl)c(Br)c1. The maximum absolute atomic E-state index is 11.4. The molecule has 4 heteroatoms. The van der Waals surface area contributed by atoms with Gasteiger partial charge in [0.1, 0.15) is 0 Å². The van der Waals surface area contributed by atoms with Crippen LogP contribution in [0.15, 0.2) is 22.7 Å². The van der Waals surface area contributed by atoms with Crippen molar-refractivity contribution >= 4 is 39.1 Å². The van der Waals surface area contributed by atoms with E-state index in [0.717, 1.165) is 10.2 Å². The van der Waals surface area contributed by atoms with E-state index < -0.39 is 0 Å². The molecule has 0 saturated carbocycles. The van der Waals surface area contributed by atoms with E-state index in [1.165, 1.54) is 5.56 Å². The lowest BCUT2D eigenvalue weighted by Gasteiger charge is -2.20. The summed E-state index contributed by atoms with van der Waals surface area (Å²) in [4.78, 5) is 11.4. The molecule has 0 saturated heterocycles. The van der Waals surface area contributed by atoms with Gasteiger partial charge in [-0.2, -0.15) is 0 Å². The van der Waals surface area contributed by atoms with Crippen LogP contribution in [-0.4, -0.2) is 11.8 Å². The number of halogens is 2. The van der Waals surface area contributed by atoms with E-state index in [1.807, 2.05) is 18.2 Å². The van der Waals surface area contributed by atoms with Crippen LogP contribution in [0.4, 0.5) is 5.69 Å². The molecule has 0 aliphatic rings. The first-order valence-corrected chi connectivity index (χ1v) is 6.83. The van der Waals surface area contributed by atoms with Crippen molar-refractivity contribution in [2.24, 2.45) is 0 Å². The summed E-state index contributed by atoms with van der Waals surface area (Å²) in [6.07, 6.45) is 0.328. The largest absolute Gasteiger partial charge is 0.325 e. The van der Waals surface area contributed by atoms with E-state index >= 15 is 0 Å². The lowest BCUT2D eigenvalue weighted by atomic mass is 9.87. The highest BCUT2D eigenvalue weighted by Gasteiger charge is 2.15. The van der Waals surface area contributed by atoms with Gasteiger partial charge in [0.2, 0.25) is 5.91 Å². The summed E-state index contributed by atoms with van der Waals surface area (Å²) in [7, 11) is 0. The highest BCUT2D eigenvalue weighted by molar-refractivity contribution is 9.10. The van der Waals surface area contributed by atoms with E-state index in [-0.39, 0.29) is 11.3 Å².